The van der Waals surface area contributed by atoms with E-state index in [0.717, 1.165) is 130 Å². The summed E-state index contributed by atoms with van der Waals surface area (Å²) in [4.78, 5) is 54.0. The van der Waals surface area contributed by atoms with Gasteiger partial charge in [0.2, 0.25) is 0 Å². The lowest BCUT2D eigenvalue weighted by Gasteiger charge is -2.11. The molecule has 16 aromatic rings. The van der Waals surface area contributed by atoms with E-state index in [1.54, 1.807) is 11.3 Å². The molecule has 0 amide bonds. The van der Waals surface area contributed by atoms with Gasteiger partial charge in [0, 0.05) is 94.3 Å². The number of pyridine rings is 5. The highest BCUT2D eigenvalue weighted by atomic mass is 32.1. The van der Waals surface area contributed by atoms with Crippen molar-refractivity contribution in [2.24, 2.45) is 42.3 Å². The van der Waals surface area contributed by atoms with Gasteiger partial charge in [0.25, 0.3) is 0 Å². The lowest BCUT2D eigenvalue weighted by Crippen LogP contribution is -1.97. The largest absolute Gasteiger partial charge is 0.439 e. The highest BCUT2D eigenvalue weighted by Crippen LogP contribution is 2.35. The van der Waals surface area contributed by atoms with Crippen LogP contribution in [0.25, 0.3) is 88.0 Å². The van der Waals surface area contributed by atoms with Crippen LogP contribution in [-0.4, -0.2) is 87.2 Å². The van der Waals surface area contributed by atoms with E-state index >= 15 is 0 Å². The van der Waals surface area contributed by atoms with Crippen molar-refractivity contribution in [3.8, 4) is 0 Å². The lowest BCUT2D eigenvalue weighted by atomic mass is 9.97. The maximum absolute atomic E-state index is 5.46. The Morgan fingerprint density at radius 3 is 0.982 bits per heavy atom. The predicted octanol–water partition coefficient (Wildman–Crippen LogP) is 22.2. The van der Waals surface area contributed by atoms with Crippen molar-refractivity contribution in [3.63, 3.8) is 0 Å². The zero-order valence-corrected chi connectivity index (χ0v) is 77.7. The molecule has 0 radical (unpaired) electrons. The molecule has 3 aromatic carbocycles. The van der Waals surface area contributed by atoms with E-state index in [1.165, 1.54) is 155 Å². The number of hydrogen-bond acceptors (Lipinski definition) is 14. The first-order valence-electron chi connectivity index (χ1n) is 39.5. The average Bonchev–Trinajstić information content (AvgIpc) is 1.65. The van der Waals surface area contributed by atoms with Gasteiger partial charge in [0.1, 0.15) is 40.3 Å². The minimum atomic E-state index is 0.676. The molecule has 16 rings (SSSR count). The fourth-order valence-corrected chi connectivity index (χ4v) is 16.1. The van der Waals surface area contributed by atoms with Crippen LogP contribution in [0.4, 0.5) is 0 Å². The Morgan fingerprint density at radius 2 is 0.535 bits per heavy atom. The molecule has 114 heavy (non-hydrogen) atoms. The van der Waals surface area contributed by atoms with E-state index in [0.29, 0.717) is 5.89 Å². The van der Waals surface area contributed by atoms with Gasteiger partial charge in [0.05, 0.1) is 48.3 Å². The zero-order chi connectivity index (χ0) is 85.4. The van der Waals surface area contributed by atoms with Gasteiger partial charge in [-0.25, -0.2) is 54.8 Å². The van der Waals surface area contributed by atoms with Gasteiger partial charge in [-0.2, -0.15) is 4.98 Å². The third-order valence-corrected chi connectivity index (χ3v) is 26.9. The highest BCUT2D eigenvalue weighted by molar-refractivity contribution is 7.18. The van der Waals surface area contributed by atoms with Crippen LogP contribution in [0.3, 0.4) is 0 Å². The van der Waals surface area contributed by atoms with E-state index in [1.807, 2.05) is 81.0 Å². The van der Waals surface area contributed by atoms with E-state index < -0.39 is 0 Å². The first-order valence-corrected chi connectivity index (χ1v) is 40.4. The molecule has 13 heterocycles. The second-order valence-electron chi connectivity index (χ2n) is 32.0. The summed E-state index contributed by atoms with van der Waals surface area (Å²) in [6, 6.07) is 0. The molecule has 0 fully saturated rings. The number of oxazole rings is 1. The van der Waals surface area contributed by atoms with Crippen LogP contribution in [0.2, 0.25) is 0 Å². The number of fused-ring (bicyclic) bond motifs is 8. The number of aryl methyl sites for hydroxylation is 30. The van der Waals surface area contributed by atoms with Crippen LogP contribution in [0.15, 0.2) is 4.42 Å². The van der Waals surface area contributed by atoms with Crippen molar-refractivity contribution >= 4 is 99.4 Å². The number of rotatable bonds is 0. The number of thiazole rings is 1. The van der Waals surface area contributed by atoms with Crippen LogP contribution in [-0.2, 0) is 42.3 Å². The van der Waals surface area contributed by atoms with Gasteiger partial charge in [0.15, 0.2) is 34.1 Å². The standard InChI is InChI=1S/4C13H18N2.2C11H15N3.C10H12N2O.C10H12N2S/c1-7-8(2)12-9(3)11(5)15(6)13(12)14-10(7)4;3*1-7-8(2)10(4)13-12(9(7)3)14-11(5)15(13)6;1-6-7(2)10-11(12-8(6)3)13-9(4)14(10)5;1-6-7(2)10-11(12-8(6)3)14(5)9(4)13-10;2*1-5-6(2)9-10(11-7(5)3)12-8(4)13-9/h4*1-6H3;2*1-5H3;2*1-4H3. The molecular weight excluding hydrogens is 1430 g/mol. The number of hydrogen-bond donors (Lipinski definition) is 0. The molecule has 0 spiro atoms. The Kier molecular flexibility index (Phi) is 25.8. The summed E-state index contributed by atoms with van der Waals surface area (Å²) in [7, 11) is 12.4. The molecule has 0 atom stereocenters. The summed E-state index contributed by atoms with van der Waals surface area (Å²) in [6.45, 7) is 75.9. The summed E-state index contributed by atoms with van der Waals surface area (Å²) in [5, 5.41) is 2.42. The smallest absolute Gasteiger partial charge is 0.199 e. The molecule has 20 heteroatoms. The minimum Gasteiger partial charge on any atom is -0.439 e. The maximum atomic E-state index is 5.46. The van der Waals surface area contributed by atoms with Gasteiger partial charge in [-0.05, 0) is 365 Å². The quantitative estimate of drug-likeness (QED) is 0.139. The Bertz CT molecular complexity index is 6150. The first-order chi connectivity index (χ1) is 53.0. The fourth-order valence-electron chi connectivity index (χ4n) is 15.2. The topological polar surface area (TPSA) is 197 Å². The molecule has 0 aliphatic heterocycles. The maximum Gasteiger partial charge on any atom is 0.199 e. The minimum absolute atomic E-state index is 0.676. The fraction of sp³-hybridized carbons (Fsp3) is 0.447. The molecule has 13 aromatic heterocycles. The van der Waals surface area contributed by atoms with Crippen molar-refractivity contribution in [1.82, 2.24) is 87.2 Å². The number of nitrogens with zero attached hydrogens (tertiary/aromatic N) is 18. The number of benzene rings is 3. The molecule has 0 saturated heterocycles. The van der Waals surface area contributed by atoms with Gasteiger partial charge in [-0.1, -0.05) is 0 Å². The van der Waals surface area contributed by atoms with Crippen LogP contribution >= 0.6 is 11.3 Å². The van der Waals surface area contributed by atoms with Gasteiger partial charge < -0.3 is 31.8 Å². The van der Waals surface area contributed by atoms with E-state index in [2.05, 4.69) is 298 Å². The molecule has 0 aliphatic carbocycles. The van der Waals surface area contributed by atoms with Crippen molar-refractivity contribution in [3.05, 3.63) is 202 Å². The summed E-state index contributed by atoms with van der Waals surface area (Å²) in [5.41, 5.74) is 52.0. The zero-order valence-electron chi connectivity index (χ0n) is 76.9. The summed E-state index contributed by atoms with van der Waals surface area (Å²) in [5.74, 6) is 5.96. The molecule has 0 bridgehead atoms. The Morgan fingerprint density at radius 1 is 0.219 bits per heavy atom. The molecule has 0 N–H and O–H groups in total. The van der Waals surface area contributed by atoms with Gasteiger partial charge in [-0.3, -0.25) is 0 Å². The van der Waals surface area contributed by atoms with Gasteiger partial charge in [-0.15, -0.1) is 11.3 Å². The Hall–Kier alpha value is -10.3. The molecule has 19 nitrogen and oxygen atoms in total. The summed E-state index contributed by atoms with van der Waals surface area (Å²) >= 11 is 1.73. The monoisotopic (exact) mass is 1560 g/mol. The Balaban J connectivity index is 0.000000149. The first kappa shape index (κ1) is 87.6. The van der Waals surface area contributed by atoms with E-state index in [-0.39, 0.29) is 0 Å². The predicted molar refractivity (Wildman–Crippen MR) is 480 cm³/mol. The summed E-state index contributed by atoms with van der Waals surface area (Å²) < 4.78 is 19.6. The van der Waals surface area contributed by atoms with Crippen LogP contribution in [0, 0.1) is 249 Å². The molecule has 0 saturated carbocycles. The molecule has 0 aliphatic rings. The van der Waals surface area contributed by atoms with Crippen molar-refractivity contribution in [2.45, 2.75) is 249 Å². The lowest BCUT2D eigenvalue weighted by molar-refractivity contribution is 0.558. The van der Waals surface area contributed by atoms with Crippen molar-refractivity contribution in [1.29, 1.82) is 0 Å². The normalized spacial score (nSPS) is 11.2. The third kappa shape index (κ3) is 16.0. The number of aromatic nitrogens is 18. The van der Waals surface area contributed by atoms with Crippen LogP contribution in [0.1, 0.15) is 202 Å². The third-order valence-electron chi connectivity index (χ3n) is 25.8. The average molecular weight is 1560 g/mol. The van der Waals surface area contributed by atoms with E-state index in [4.69, 9.17) is 4.42 Å². The van der Waals surface area contributed by atoms with Gasteiger partial charge >= 0.3 is 0 Å². The Labute approximate surface area is 680 Å². The van der Waals surface area contributed by atoms with Crippen LogP contribution < -0.4 is 0 Å². The second-order valence-corrected chi connectivity index (χ2v) is 33.2. The van der Waals surface area contributed by atoms with E-state index in [9.17, 15) is 0 Å². The highest BCUT2D eigenvalue weighted by Gasteiger charge is 2.21. The molecule has 0 unspecified atom stereocenters. The second kappa shape index (κ2) is 33.6. The van der Waals surface area contributed by atoms with Crippen molar-refractivity contribution in [2.75, 3.05) is 0 Å². The van der Waals surface area contributed by atoms with Crippen molar-refractivity contribution < 1.29 is 4.42 Å². The van der Waals surface area contributed by atoms with Crippen LogP contribution in [0.5, 0.6) is 0 Å². The summed E-state index contributed by atoms with van der Waals surface area (Å²) in [6.07, 6.45) is 0. The molecule has 604 valence electrons. The number of imidazole rings is 5. The molecular formula is C94H126N18OS. The SMILES string of the molecule is Cc1c(C)c(C)c2c(nc(C)n2C)c1C.Cc1c(C)c(C)c2c(nc(C)n2C)c1C.Cc1c(C)c(C)c2c(nc(C)n2C)c1C.Cc1nc2c(c(C)c1C)c(C)c(C)n2C.Cc1nc2c(nc(C)n2C)c(C)c1C.Cc1nc2nc(C)c(C)c(C)c2o1.Cc1nc2nc(C)c(C)c(C)c2s1.Cc1nc2nc(C)n(C)c2c(C)c1C.